The fourth-order valence-corrected chi connectivity index (χ4v) is 6.70. The zero-order valence-electron chi connectivity index (χ0n) is 18.4. The first-order valence-electron chi connectivity index (χ1n) is 10.2. The minimum absolute atomic E-state index is 0. The number of thioether (sulfide) groups is 1. The van der Waals surface area contributed by atoms with E-state index in [1.165, 1.54) is 0 Å². The van der Waals surface area contributed by atoms with Crippen molar-refractivity contribution in [2.75, 3.05) is 25.4 Å². The van der Waals surface area contributed by atoms with E-state index in [0.717, 1.165) is 25.3 Å². The molecule has 0 radical (unpaired) electrons. The van der Waals surface area contributed by atoms with Crippen LogP contribution < -0.4 is 28.4 Å². The molecule has 0 aromatic carbocycles. The zero-order chi connectivity index (χ0) is 21.4. The Labute approximate surface area is 204 Å². The highest BCUT2D eigenvalue weighted by atomic mass is 79.9. The molecule has 5 aliphatic heterocycles. The molecule has 5 heterocycles. The van der Waals surface area contributed by atoms with Gasteiger partial charge < -0.3 is 33.2 Å². The molecule has 8 nitrogen and oxygen atoms in total. The number of quaternary nitrogens is 1. The van der Waals surface area contributed by atoms with Crippen LogP contribution in [0.4, 0.5) is 0 Å². The van der Waals surface area contributed by atoms with Gasteiger partial charge in [0.2, 0.25) is 5.91 Å². The number of nitrogens with zero attached hydrogens (tertiary/aromatic N) is 2. The van der Waals surface area contributed by atoms with Crippen molar-refractivity contribution in [1.29, 1.82) is 0 Å². The van der Waals surface area contributed by atoms with Gasteiger partial charge in [0.1, 0.15) is 16.5 Å². The summed E-state index contributed by atoms with van der Waals surface area (Å²) < 4.78 is 6.34. The van der Waals surface area contributed by atoms with Crippen LogP contribution in [-0.4, -0.2) is 69.1 Å². The summed E-state index contributed by atoms with van der Waals surface area (Å²) in [5.41, 5.74) is 11.1. The van der Waals surface area contributed by atoms with Crippen LogP contribution in [0.1, 0.15) is 47.0 Å². The number of carbonyl (C=O) groups excluding carboxylic acids is 3. The van der Waals surface area contributed by atoms with Crippen molar-refractivity contribution in [3.05, 3.63) is 11.4 Å². The van der Waals surface area contributed by atoms with Gasteiger partial charge in [0, 0.05) is 19.3 Å². The van der Waals surface area contributed by atoms with E-state index in [-0.39, 0.29) is 46.6 Å². The summed E-state index contributed by atoms with van der Waals surface area (Å²) in [5, 5.41) is -0.265. The molecule has 4 N–H and O–H groups in total. The number of rotatable bonds is 3. The predicted octanol–water partition coefficient (Wildman–Crippen LogP) is -1.92. The lowest BCUT2D eigenvalue weighted by Crippen LogP contribution is -3.00. The van der Waals surface area contributed by atoms with Crippen molar-refractivity contribution in [3.8, 4) is 0 Å². The van der Waals surface area contributed by atoms with Gasteiger partial charge in [-0.3, -0.25) is 19.0 Å². The Kier molecular flexibility index (Phi) is 6.99. The number of β-lactam (4-membered cyclic amide) rings is 1. The lowest BCUT2D eigenvalue weighted by Gasteiger charge is -2.58. The van der Waals surface area contributed by atoms with Crippen molar-refractivity contribution in [2.45, 2.75) is 63.5 Å². The van der Waals surface area contributed by atoms with E-state index in [4.69, 9.17) is 16.2 Å². The molecular weight excluding hydrogens is 508 g/mol. The molecule has 5 rings (SSSR count). The van der Waals surface area contributed by atoms with Crippen molar-refractivity contribution < 1.29 is 40.6 Å². The van der Waals surface area contributed by atoms with Gasteiger partial charge in [0.25, 0.3) is 5.91 Å². The number of hydrogen-bond donors (Lipinski definition) is 2. The van der Waals surface area contributed by atoms with Crippen LogP contribution >= 0.6 is 24.2 Å². The van der Waals surface area contributed by atoms with Gasteiger partial charge >= 0.3 is 5.97 Å². The maximum atomic E-state index is 13.2. The lowest BCUT2D eigenvalue weighted by molar-refractivity contribution is -0.909. The summed E-state index contributed by atoms with van der Waals surface area (Å²) in [6, 6.07) is 0. The molecule has 31 heavy (non-hydrogen) atoms. The second kappa shape index (κ2) is 8.20. The normalized spacial score (nSPS) is 36.6. The SMILES string of the molecule is CC(C)(C)OC(=O)C1=C([N+]23CCC(C(N)=O)(CC2)CC3)CS[C@@H]2N1C(=O)[C@@]2(C)N.Cl.[Br-]. The predicted molar refractivity (Wildman–Crippen MR) is 116 cm³/mol. The Balaban J connectivity index is 0.00000171. The average molecular weight is 540 g/mol. The quantitative estimate of drug-likeness (QED) is 0.246. The number of fused-ring (bicyclic) bond motifs is 4. The first-order chi connectivity index (χ1) is 13.3. The number of amides is 2. The molecule has 4 fully saturated rings. The first kappa shape index (κ1) is 26.4. The molecule has 2 amide bonds. The molecule has 5 aliphatic rings. The van der Waals surface area contributed by atoms with E-state index in [9.17, 15) is 14.4 Å². The Bertz CT molecular complexity index is 817. The van der Waals surface area contributed by atoms with Gasteiger partial charge in [-0.15, -0.1) is 24.2 Å². The maximum absolute atomic E-state index is 13.2. The molecule has 0 spiro atoms. The highest BCUT2D eigenvalue weighted by Gasteiger charge is 2.64. The molecule has 0 unspecified atom stereocenters. The largest absolute Gasteiger partial charge is 1.00 e. The number of carbonyl (C=O) groups is 3. The Morgan fingerprint density at radius 2 is 1.71 bits per heavy atom. The standard InChI is InChI=1S/C20H30N4O4S.BrH.ClH/c1-18(2,3)28-14(25)13-12(11-29-17-19(4,22)16(27)23(13)17)24-8-5-20(6-9-24,7-10-24)15(21)26;;/h17H,5-11,22H2,1-4H3,(H-,21,26);2*1H/t17-,19+,20?,24?;;/m0../s1. The molecular formula is C20H32BrClN4O4S. The first-order valence-corrected chi connectivity index (χ1v) is 11.3. The monoisotopic (exact) mass is 538 g/mol. The molecule has 0 aromatic heterocycles. The van der Waals surface area contributed by atoms with Crippen molar-refractivity contribution in [3.63, 3.8) is 0 Å². The van der Waals surface area contributed by atoms with E-state index in [1.54, 1.807) is 23.6 Å². The van der Waals surface area contributed by atoms with Crippen LogP contribution in [0, 0.1) is 5.41 Å². The van der Waals surface area contributed by atoms with Crippen molar-refractivity contribution >= 4 is 42.0 Å². The minimum Gasteiger partial charge on any atom is -1.00 e. The molecule has 0 aromatic rings. The van der Waals surface area contributed by atoms with Crippen LogP contribution in [0.2, 0.25) is 0 Å². The number of ether oxygens (including phenoxy) is 1. The van der Waals surface area contributed by atoms with Gasteiger partial charge in [-0.25, -0.2) is 4.79 Å². The van der Waals surface area contributed by atoms with Crippen molar-refractivity contribution in [2.24, 2.45) is 16.9 Å². The summed E-state index contributed by atoms with van der Waals surface area (Å²) in [7, 11) is 0. The third-order valence-electron chi connectivity index (χ3n) is 7.06. The van der Waals surface area contributed by atoms with Gasteiger partial charge in [-0.05, 0) is 27.7 Å². The minimum atomic E-state index is -0.978. The van der Waals surface area contributed by atoms with Crippen LogP contribution in [0.25, 0.3) is 0 Å². The summed E-state index contributed by atoms with van der Waals surface area (Å²) >= 11 is 1.61. The number of esters is 1. The van der Waals surface area contributed by atoms with E-state index in [0.29, 0.717) is 35.2 Å². The molecule has 2 atom stereocenters. The number of piperidine rings is 3. The van der Waals surface area contributed by atoms with Gasteiger partial charge in [-0.2, -0.15) is 0 Å². The number of nitrogens with two attached hydrogens (primary N) is 2. The maximum Gasteiger partial charge on any atom is 0.361 e. The van der Waals surface area contributed by atoms with E-state index >= 15 is 0 Å². The third-order valence-corrected chi connectivity index (χ3v) is 8.52. The number of primary amides is 1. The summed E-state index contributed by atoms with van der Waals surface area (Å²) in [5.74, 6) is -0.302. The van der Waals surface area contributed by atoms with Crippen molar-refractivity contribution in [1.82, 2.24) is 4.90 Å². The van der Waals surface area contributed by atoms with E-state index < -0.39 is 22.5 Å². The van der Waals surface area contributed by atoms with E-state index in [1.807, 2.05) is 20.8 Å². The highest BCUT2D eigenvalue weighted by molar-refractivity contribution is 8.00. The van der Waals surface area contributed by atoms with Gasteiger partial charge in [-0.1, -0.05) is 0 Å². The third kappa shape index (κ3) is 3.92. The molecule has 176 valence electrons. The molecule has 4 saturated heterocycles. The molecule has 11 heteroatoms. The summed E-state index contributed by atoms with van der Waals surface area (Å²) in [6.07, 6.45) is 2.14. The van der Waals surface area contributed by atoms with Crippen LogP contribution in [0.15, 0.2) is 11.4 Å². The second-order valence-electron chi connectivity index (χ2n) is 10.1. The van der Waals surface area contributed by atoms with Gasteiger partial charge in [0.05, 0.1) is 30.8 Å². The number of halogens is 2. The molecule has 0 aliphatic carbocycles. The molecule has 2 bridgehead atoms. The summed E-state index contributed by atoms with van der Waals surface area (Å²) in [4.78, 5) is 39.7. The second-order valence-corrected chi connectivity index (χ2v) is 11.2. The van der Waals surface area contributed by atoms with Gasteiger partial charge in [0.15, 0.2) is 11.4 Å². The summed E-state index contributed by atoms with van der Waals surface area (Å²) in [6.45, 7) is 9.42. The average Bonchev–Trinajstić information content (AvgIpc) is 2.66. The van der Waals surface area contributed by atoms with Crippen LogP contribution in [-0.2, 0) is 19.1 Å². The Morgan fingerprint density at radius 3 is 2.16 bits per heavy atom. The number of hydrogen-bond acceptors (Lipinski definition) is 6. The molecule has 0 saturated carbocycles. The van der Waals surface area contributed by atoms with E-state index in [2.05, 4.69) is 0 Å². The highest BCUT2D eigenvalue weighted by Crippen LogP contribution is 2.52. The van der Waals surface area contributed by atoms with Crippen LogP contribution in [0.3, 0.4) is 0 Å². The Morgan fingerprint density at radius 1 is 1.19 bits per heavy atom. The zero-order valence-corrected chi connectivity index (χ0v) is 21.6. The topological polar surface area (TPSA) is 116 Å². The fraction of sp³-hybridized carbons (Fsp3) is 0.750. The lowest BCUT2D eigenvalue weighted by atomic mass is 9.69. The fourth-order valence-electron chi connectivity index (χ4n) is 5.18. The smallest absolute Gasteiger partial charge is 0.361 e. The Hall–Kier alpha value is -0.810. The van der Waals surface area contributed by atoms with Crippen LogP contribution in [0.5, 0.6) is 0 Å².